The van der Waals surface area contributed by atoms with E-state index in [1.54, 1.807) is 0 Å². The highest BCUT2D eigenvalue weighted by atomic mass is 16.5. The molecule has 0 amide bonds. The lowest BCUT2D eigenvalue weighted by atomic mass is 10.0. The molecule has 1 N–H and O–H groups in total. The molecule has 0 unspecified atom stereocenters. The van der Waals surface area contributed by atoms with Crippen molar-refractivity contribution in [2.24, 2.45) is 0 Å². The predicted molar refractivity (Wildman–Crippen MR) is 115 cm³/mol. The van der Waals surface area contributed by atoms with Gasteiger partial charge in [-0.3, -0.25) is 0 Å². The van der Waals surface area contributed by atoms with Crippen LogP contribution in [0.2, 0.25) is 0 Å². The summed E-state index contributed by atoms with van der Waals surface area (Å²) in [6.45, 7) is 6.34. The first-order valence-electron chi connectivity index (χ1n) is 11.7. The van der Waals surface area contributed by atoms with Crippen LogP contribution in [-0.4, -0.2) is 40.0 Å². The van der Waals surface area contributed by atoms with E-state index in [-0.39, 0.29) is 0 Å². The minimum absolute atomic E-state index is 0.723. The van der Waals surface area contributed by atoms with Gasteiger partial charge in [-0.1, -0.05) is 103 Å². The molecule has 0 aromatic heterocycles. The minimum atomic E-state index is 0.723. The van der Waals surface area contributed by atoms with Crippen LogP contribution in [0.25, 0.3) is 0 Å². The Hall–Kier alpha value is -0.120. The van der Waals surface area contributed by atoms with Gasteiger partial charge in [0.15, 0.2) is 0 Å². The smallest absolute Gasteiger partial charge is 0.0701 e. The third-order valence-electron chi connectivity index (χ3n) is 5.01. The maximum atomic E-state index is 5.59. The lowest BCUT2D eigenvalue weighted by Crippen LogP contribution is -2.16. The summed E-state index contributed by atoms with van der Waals surface area (Å²) < 4.78 is 11.0. The van der Waals surface area contributed by atoms with E-state index >= 15 is 0 Å². The van der Waals surface area contributed by atoms with E-state index in [9.17, 15) is 0 Å². The second kappa shape index (κ2) is 24.9. The number of rotatable bonds is 23. The van der Waals surface area contributed by atoms with Gasteiger partial charge in [-0.2, -0.15) is 0 Å². The van der Waals surface area contributed by atoms with Crippen LogP contribution in [0, 0.1) is 0 Å². The standard InChI is InChI=1S/C23H49NO2/c1-3-4-5-6-7-8-9-10-11-12-13-14-15-16-17-18-20-25-22-23-26-21-19-24-2/h24H,3-23H2,1-2H3. The van der Waals surface area contributed by atoms with E-state index in [1.807, 2.05) is 7.05 Å². The quantitative estimate of drug-likeness (QED) is 0.208. The molecule has 26 heavy (non-hydrogen) atoms. The molecule has 0 rings (SSSR count). The Balaban J connectivity index is 2.95. The number of unbranched alkanes of at least 4 members (excludes halogenated alkanes) is 15. The van der Waals surface area contributed by atoms with Gasteiger partial charge in [-0.05, 0) is 13.5 Å². The van der Waals surface area contributed by atoms with E-state index in [1.165, 1.54) is 103 Å². The number of hydrogen-bond acceptors (Lipinski definition) is 3. The molecule has 0 aliphatic heterocycles. The van der Waals surface area contributed by atoms with Gasteiger partial charge in [0.05, 0.1) is 19.8 Å². The molecule has 0 bridgehead atoms. The van der Waals surface area contributed by atoms with Gasteiger partial charge >= 0.3 is 0 Å². The van der Waals surface area contributed by atoms with Gasteiger partial charge in [-0.25, -0.2) is 0 Å². The topological polar surface area (TPSA) is 30.5 Å². The van der Waals surface area contributed by atoms with E-state index in [4.69, 9.17) is 9.47 Å². The van der Waals surface area contributed by atoms with Gasteiger partial charge in [0, 0.05) is 13.2 Å². The zero-order valence-electron chi connectivity index (χ0n) is 18.2. The largest absolute Gasteiger partial charge is 0.379 e. The molecule has 0 radical (unpaired) electrons. The summed E-state index contributed by atoms with van der Waals surface area (Å²) in [4.78, 5) is 0. The third kappa shape index (κ3) is 23.9. The van der Waals surface area contributed by atoms with Crippen molar-refractivity contribution in [1.29, 1.82) is 0 Å². The van der Waals surface area contributed by atoms with E-state index in [0.717, 1.165) is 33.0 Å². The van der Waals surface area contributed by atoms with E-state index in [2.05, 4.69) is 12.2 Å². The van der Waals surface area contributed by atoms with E-state index in [0.29, 0.717) is 0 Å². The van der Waals surface area contributed by atoms with Gasteiger partial charge in [-0.15, -0.1) is 0 Å². The first-order chi connectivity index (χ1) is 12.9. The highest BCUT2D eigenvalue weighted by molar-refractivity contribution is 4.50. The summed E-state index contributed by atoms with van der Waals surface area (Å²) >= 11 is 0. The van der Waals surface area contributed by atoms with Crippen molar-refractivity contribution in [3.8, 4) is 0 Å². The molecule has 0 saturated heterocycles. The zero-order valence-corrected chi connectivity index (χ0v) is 18.2. The lowest BCUT2D eigenvalue weighted by Gasteiger charge is -2.06. The molecule has 0 atom stereocenters. The van der Waals surface area contributed by atoms with Crippen molar-refractivity contribution in [3.63, 3.8) is 0 Å². The molecule has 3 nitrogen and oxygen atoms in total. The molecule has 3 heteroatoms. The van der Waals surface area contributed by atoms with Crippen LogP contribution in [0.15, 0.2) is 0 Å². The fourth-order valence-electron chi connectivity index (χ4n) is 3.25. The van der Waals surface area contributed by atoms with Gasteiger partial charge in [0.2, 0.25) is 0 Å². The Morgan fingerprint density at radius 3 is 1.27 bits per heavy atom. The van der Waals surface area contributed by atoms with Crippen LogP contribution in [0.4, 0.5) is 0 Å². The molecule has 158 valence electrons. The predicted octanol–water partition coefficient (Wildman–Crippen LogP) is 6.50. The average molecular weight is 372 g/mol. The molecule has 0 aromatic rings. The van der Waals surface area contributed by atoms with Crippen LogP contribution >= 0.6 is 0 Å². The molecule has 0 aliphatic carbocycles. The fraction of sp³-hybridized carbons (Fsp3) is 1.00. The maximum absolute atomic E-state index is 5.59. The number of hydrogen-bond donors (Lipinski definition) is 1. The second-order valence-corrected chi connectivity index (χ2v) is 7.63. The first-order valence-corrected chi connectivity index (χ1v) is 11.7. The van der Waals surface area contributed by atoms with Gasteiger partial charge in [0.1, 0.15) is 0 Å². The van der Waals surface area contributed by atoms with Crippen LogP contribution in [0.3, 0.4) is 0 Å². The van der Waals surface area contributed by atoms with Gasteiger partial charge < -0.3 is 14.8 Å². The lowest BCUT2D eigenvalue weighted by molar-refractivity contribution is 0.0477. The van der Waals surface area contributed by atoms with Crippen LogP contribution < -0.4 is 5.32 Å². The highest BCUT2D eigenvalue weighted by Gasteiger charge is 1.95. The second-order valence-electron chi connectivity index (χ2n) is 7.63. The van der Waals surface area contributed by atoms with Crippen LogP contribution in [-0.2, 0) is 9.47 Å². The van der Waals surface area contributed by atoms with Crippen molar-refractivity contribution in [3.05, 3.63) is 0 Å². The summed E-state index contributed by atoms with van der Waals surface area (Å²) in [5.74, 6) is 0. The fourth-order valence-corrected chi connectivity index (χ4v) is 3.25. The molecule has 0 aromatic carbocycles. The van der Waals surface area contributed by atoms with Crippen molar-refractivity contribution < 1.29 is 9.47 Å². The van der Waals surface area contributed by atoms with E-state index < -0.39 is 0 Å². The third-order valence-corrected chi connectivity index (χ3v) is 5.01. The van der Waals surface area contributed by atoms with Crippen molar-refractivity contribution >= 4 is 0 Å². The molecule has 0 heterocycles. The van der Waals surface area contributed by atoms with Crippen molar-refractivity contribution in [2.45, 2.75) is 110 Å². The molecule has 0 aliphatic rings. The Morgan fingerprint density at radius 2 is 0.846 bits per heavy atom. The average Bonchev–Trinajstić information content (AvgIpc) is 2.66. The Kier molecular flexibility index (Phi) is 24.8. The van der Waals surface area contributed by atoms with Crippen LogP contribution in [0.5, 0.6) is 0 Å². The molecular weight excluding hydrogens is 322 g/mol. The Labute approximate surface area is 165 Å². The maximum Gasteiger partial charge on any atom is 0.0701 e. The molecule has 0 spiro atoms. The zero-order chi connectivity index (χ0) is 19.0. The first kappa shape index (κ1) is 25.9. The monoisotopic (exact) mass is 371 g/mol. The molecular formula is C23H49NO2. The van der Waals surface area contributed by atoms with Gasteiger partial charge in [0.25, 0.3) is 0 Å². The Morgan fingerprint density at radius 1 is 0.462 bits per heavy atom. The van der Waals surface area contributed by atoms with Crippen molar-refractivity contribution in [1.82, 2.24) is 5.32 Å². The molecule has 0 fully saturated rings. The Bertz CT molecular complexity index is 212. The normalized spacial score (nSPS) is 11.3. The number of likely N-dealkylation sites (N-methyl/N-ethyl adjacent to an activating group) is 1. The summed E-state index contributed by atoms with van der Waals surface area (Å²) in [7, 11) is 1.94. The minimum Gasteiger partial charge on any atom is -0.379 e. The summed E-state index contributed by atoms with van der Waals surface area (Å²) in [6, 6.07) is 0. The van der Waals surface area contributed by atoms with Crippen LogP contribution in [0.1, 0.15) is 110 Å². The molecule has 0 saturated carbocycles. The number of ether oxygens (including phenoxy) is 2. The summed E-state index contributed by atoms with van der Waals surface area (Å²) in [6.07, 6.45) is 22.6. The number of nitrogens with one attached hydrogen (secondary N) is 1. The summed E-state index contributed by atoms with van der Waals surface area (Å²) in [5, 5.41) is 3.06. The van der Waals surface area contributed by atoms with Crippen molar-refractivity contribution in [2.75, 3.05) is 40.0 Å². The SMILES string of the molecule is CCCCCCCCCCCCCCCCCCOCCOCCNC. The summed E-state index contributed by atoms with van der Waals surface area (Å²) in [5.41, 5.74) is 0. The highest BCUT2D eigenvalue weighted by Crippen LogP contribution is 2.13.